The Balaban J connectivity index is 1.55. The van der Waals surface area contributed by atoms with Gasteiger partial charge in [-0.2, -0.15) is 0 Å². The van der Waals surface area contributed by atoms with E-state index < -0.39 is 0 Å². The molecule has 4 rings (SSSR count). The van der Waals surface area contributed by atoms with E-state index in [0.717, 1.165) is 30.8 Å². The van der Waals surface area contributed by atoms with Crippen molar-refractivity contribution in [2.45, 2.75) is 51.0 Å². The van der Waals surface area contributed by atoms with Gasteiger partial charge < -0.3 is 5.32 Å². The Morgan fingerprint density at radius 2 is 2.10 bits per heavy atom. The molecule has 2 bridgehead atoms. The highest BCUT2D eigenvalue weighted by molar-refractivity contribution is 6.30. The van der Waals surface area contributed by atoms with Gasteiger partial charge in [0, 0.05) is 12.6 Å². The monoisotopic (exact) mass is 307 g/mol. The Morgan fingerprint density at radius 1 is 1.24 bits per heavy atom. The third kappa shape index (κ3) is 2.73. The molecule has 0 aromatic heterocycles. The second kappa shape index (κ2) is 5.24. The van der Waals surface area contributed by atoms with Crippen LogP contribution in [0.5, 0.6) is 0 Å². The second-order valence-electron chi connectivity index (χ2n) is 7.52. The average Bonchev–Trinajstić information content (AvgIpc) is 3.10. The van der Waals surface area contributed by atoms with Crippen molar-refractivity contribution in [3.8, 4) is 0 Å². The average molecular weight is 308 g/mol. The summed E-state index contributed by atoms with van der Waals surface area (Å²) in [7, 11) is 0. The molecule has 114 valence electrons. The van der Waals surface area contributed by atoms with Crippen molar-refractivity contribution in [3.05, 3.63) is 34.6 Å². The van der Waals surface area contributed by atoms with E-state index in [1.54, 1.807) is 0 Å². The van der Waals surface area contributed by atoms with Gasteiger partial charge in [-0.1, -0.05) is 24.1 Å². The molecule has 0 heterocycles. The minimum absolute atomic E-state index is 0.265. The molecule has 0 aliphatic heterocycles. The lowest BCUT2D eigenvalue weighted by atomic mass is 9.69. The van der Waals surface area contributed by atoms with E-state index in [0.29, 0.717) is 5.41 Å². The summed E-state index contributed by atoms with van der Waals surface area (Å²) in [5.41, 5.74) is 1.58. The normalized spacial score (nSPS) is 34.6. The maximum atomic E-state index is 13.4. The van der Waals surface area contributed by atoms with Crippen LogP contribution in [0.25, 0.3) is 0 Å². The molecule has 3 saturated carbocycles. The lowest BCUT2D eigenvalue weighted by Gasteiger charge is -2.38. The van der Waals surface area contributed by atoms with Gasteiger partial charge in [0.05, 0.1) is 5.02 Å². The van der Waals surface area contributed by atoms with Crippen molar-refractivity contribution in [1.29, 1.82) is 0 Å². The molecule has 3 aliphatic rings. The Hall–Kier alpha value is -0.600. The predicted molar refractivity (Wildman–Crippen MR) is 84.0 cm³/mol. The van der Waals surface area contributed by atoms with Crippen LogP contribution in [-0.2, 0) is 6.42 Å². The molecule has 1 aromatic carbocycles. The molecular formula is C18H23ClFN. The minimum Gasteiger partial charge on any atom is -0.313 e. The highest BCUT2D eigenvalue weighted by Gasteiger charge is 2.50. The van der Waals surface area contributed by atoms with Crippen molar-refractivity contribution < 1.29 is 4.39 Å². The summed E-state index contributed by atoms with van der Waals surface area (Å²) in [4.78, 5) is 0. The smallest absolute Gasteiger partial charge is 0.141 e. The maximum absolute atomic E-state index is 13.4. The predicted octanol–water partition coefficient (Wildman–Crippen LogP) is 4.58. The lowest BCUT2D eigenvalue weighted by Crippen LogP contribution is -2.41. The zero-order chi connectivity index (χ0) is 14.4. The summed E-state index contributed by atoms with van der Waals surface area (Å²) in [5, 5.41) is 4.03. The number of benzene rings is 1. The summed E-state index contributed by atoms with van der Waals surface area (Å²) in [6, 6.07) is 6.04. The first-order chi connectivity index (χ1) is 10.1. The van der Waals surface area contributed by atoms with Crippen LogP contribution in [0.15, 0.2) is 18.2 Å². The molecule has 3 aliphatic carbocycles. The number of nitrogens with one attached hydrogen (secondary N) is 1. The van der Waals surface area contributed by atoms with Crippen molar-refractivity contribution in [2.24, 2.45) is 17.3 Å². The standard InChI is InChI=1S/C18H23ClFN/c19-16-8-13(2-6-17(16)20)10-18(11-21-15-4-5-15)9-12-1-3-14(18)7-12/h2,6,8,12,14-15,21H,1,3-5,7,9-11H2. The fourth-order valence-electron chi connectivity index (χ4n) is 4.74. The van der Waals surface area contributed by atoms with E-state index in [-0.39, 0.29) is 10.8 Å². The molecule has 3 atom stereocenters. The van der Waals surface area contributed by atoms with Gasteiger partial charge in [0.15, 0.2) is 0 Å². The van der Waals surface area contributed by atoms with Gasteiger partial charge in [0.25, 0.3) is 0 Å². The minimum atomic E-state index is -0.307. The Bertz CT molecular complexity index is 542. The second-order valence-corrected chi connectivity index (χ2v) is 7.93. The van der Waals surface area contributed by atoms with Crippen molar-refractivity contribution in [3.63, 3.8) is 0 Å². The molecular weight excluding hydrogens is 285 g/mol. The number of hydrogen-bond acceptors (Lipinski definition) is 1. The van der Waals surface area contributed by atoms with Gasteiger partial charge in [0.1, 0.15) is 5.82 Å². The number of hydrogen-bond donors (Lipinski definition) is 1. The number of fused-ring (bicyclic) bond motifs is 2. The number of rotatable bonds is 5. The Labute approximate surface area is 131 Å². The van der Waals surface area contributed by atoms with Crippen LogP contribution in [-0.4, -0.2) is 12.6 Å². The summed E-state index contributed by atoms with van der Waals surface area (Å²) >= 11 is 5.97. The molecule has 21 heavy (non-hydrogen) atoms. The highest BCUT2D eigenvalue weighted by atomic mass is 35.5. The molecule has 0 saturated heterocycles. The first kappa shape index (κ1) is 14.0. The summed E-state index contributed by atoms with van der Waals surface area (Å²) < 4.78 is 13.4. The van der Waals surface area contributed by atoms with Crippen LogP contribution in [0.4, 0.5) is 4.39 Å². The Morgan fingerprint density at radius 3 is 2.71 bits per heavy atom. The topological polar surface area (TPSA) is 12.0 Å². The molecule has 3 heteroatoms. The molecule has 3 fully saturated rings. The third-order valence-corrected chi connectivity index (χ3v) is 6.25. The van der Waals surface area contributed by atoms with Gasteiger partial charge >= 0.3 is 0 Å². The highest BCUT2D eigenvalue weighted by Crippen LogP contribution is 2.57. The van der Waals surface area contributed by atoms with E-state index >= 15 is 0 Å². The quantitative estimate of drug-likeness (QED) is 0.839. The van der Waals surface area contributed by atoms with E-state index in [1.807, 2.05) is 12.1 Å². The largest absolute Gasteiger partial charge is 0.313 e. The third-order valence-electron chi connectivity index (χ3n) is 5.96. The van der Waals surface area contributed by atoms with Gasteiger partial charge in [-0.15, -0.1) is 0 Å². The van der Waals surface area contributed by atoms with E-state index in [2.05, 4.69) is 5.32 Å². The van der Waals surface area contributed by atoms with Gasteiger partial charge in [-0.3, -0.25) is 0 Å². The van der Waals surface area contributed by atoms with Gasteiger partial charge in [0.2, 0.25) is 0 Å². The summed E-state index contributed by atoms with van der Waals surface area (Å²) in [6.45, 7) is 1.13. The van der Waals surface area contributed by atoms with Crippen molar-refractivity contribution in [2.75, 3.05) is 6.54 Å². The van der Waals surface area contributed by atoms with E-state index in [9.17, 15) is 4.39 Å². The van der Waals surface area contributed by atoms with Crippen LogP contribution in [0.1, 0.15) is 44.1 Å². The summed E-state index contributed by atoms with van der Waals surface area (Å²) in [6.07, 6.45) is 9.27. The van der Waals surface area contributed by atoms with Gasteiger partial charge in [-0.05, 0) is 73.5 Å². The van der Waals surface area contributed by atoms with E-state index in [4.69, 9.17) is 11.6 Å². The SMILES string of the molecule is Fc1ccc(CC2(CNC3CC3)CC3CCC2C3)cc1Cl. The molecule has 0 amide bonds. The molecule has 1 aromatic rings. The van der Waals surface area contributed by atoms with Crippen LogP contribution < -0.4 is 5.32 Å². The molecule has 1 N–H and O–H groups in total. The van der Waals surface area contributed by atoms with Crippen molar-refractivity contribution >= 4 is 11.6 Å². The first-order valence-electron chi connectivity index (χ1n) is 8.32. The number of halogens is 2. The fourth-order valence-corrected chi connectivity index (χ4v) is 4.95. The molecule has 3 unspecified atom stereocenters. The zero-order valence-electron chi connectivity index (χ0n) is 12.4. The lowest BCUT2D eigenvalue weighted by molar-refractivity contribution is 0.155. The molecule has 0 radical (unpaired) electrons. The Kier molecular flexibility index (Phi) is 3.50. The van der Waals surface area contributed by atoms with Crippen LogP contribution >= 0.6 is 11.6 Å². The first-order valence-corrected chi connectivity index (χ1v) is 8.70. The van der Waals surface area contributed by atoms with Crippen LogP contribution in [0.3, 0.4) is 0 Å². The fraction of sp³-hybridized carbons (Fsp3) is 0.667. The van der Waals surface area contributed by atoms with Crippen molar-refractivity contribution in [1.82, 2.24) is 5.32 Å². The van der Waals surface area contributed by atoms with E-state index in [1.165, 1.54) is 50.2 Å². The van der Waals surface area contributed by atoms with Crippen LogP contribution in [0.2, 0.25) is 5.02 Å². The summed E-state index contributed by atoms with van der Waals surface area (Å²) in [5.74, 6) is 1.46. The zero-order valence-corrected chi connectivity index (χ0v) is 13.1. The maximum Gasteiger partial charge on any atom is 0.141 e. The van der Waals surface area contributed by atoms with Gasteiger partial charge in [-0.25, -0.2) is 4.39 Å². The van der Waals surface area contributed by atoms with Crippen LogP contribution in [0, 0.1) is 23.1 Å². The molecule has 0 spiro atoms. The molecule has 1 nitrogen and oxygen atoms in total.